The molecule has 3 atom stereocenters. The molecule has 0 heterocycles. The minimum absolute atomic E-state index is 0.0826. The zero-order valence-corrected chi connectivity index (χ0v) is 20.1. The summed E-state index contributed by atoms with van der Waals surface area (Å²) in [5.74, 6) is -0.189. The number of hydrogen-bond donors (Lipinski definition) is 1. The minimum atomic E-state index is -0.590. The van der Waals surface area contributed by atoms with Crippen LogP contribution >= 0.6 is 0 Å². The minimum Gasteiger partial charge on any atom is -0.376 e. The average Bonchev–Trinajstić information content (AvgIpc) is 2.88. The number of rotatable bonds is 13. The van der Waals surface area contributed by atoms with Crippen molar-refractivity contribution >= 4 is 5.91 Å². The van der Waals surface area contributed by atoms with E-state index in [0.29, 0.717) is 19.8 Å². The van der Waals surface area contributed by atoms with Gasteiger partial charge >= 0.3 is 0 Å². The third-order valence-corrected chi connectivity index (χ3v) is 5.65. The molecular weight excluding hydrogens is 422 g/mol. The maximum Gasteiger partial charge on any atom is 0.250 e. The molecule has 0 saturated carbocycles. The molecule has 0 spiro atoms. The fraction of sp³-hybridized carbons (Fsp3) is 0.300. The van der Waals surface area contributed by atoms with E-state index < -0.39 is 6.10 Å². The Morgan fingerprint density at radius 1 is 0.824 bits per heavy atom. The quantitative estimate of drug-likeness (QED) is 0.244. The second-order valence-corrected chi connectivity index (χ2v) is 8.47. The maximum atomic E-state index is 13.2. The van der Waals surface area contributed by atoms with Gasteiger partial charge in [-0.2, -0.15) is 0 Å². The summed E-state index contributed by atoms with van der Waals surface area (Å²) in [6.07, 6.45) is 4.31. The smallest absolute Gasteiger partial charge is 0.250 e. The third-order valence-electron chi connectivity index (χ3n) is 5.65. The fourth-order valence-corrected chi connectivity index (χ4v) is 3.67. The summed E-state index contributed by atoms with van der Waals surface area (Å²) in [5, 5.41) is 3.12. The predicted molar refractivity (Wildman–Crippen MR) is 137 cm³/mol. The molecule has 0 aliphatic rings. The molecule has 0 bridgehead atoms. The maximum absolute atomic E-state index is 13.2. The van der Waals surface area contributed by atoms with Gasteiger partial charge in [0, 0.05) is 5.92 Å². The second kappa shape index (κ2) is 14.1. The first-order valence-corrected chi connectivity index (χ1v) is 11.9. The Balaban J connectivity index is 1.54. The van der Waals surface area contributed by atoms with Gasteiger partial charge in [-0.25, -0.2) is 0 Å². The molecule has 3 aromatic carbocycles. The van der Waals surface area contributed by atoms with Gasteiger partial charge in [-0.3, -0.25) is 4.79 Å². The van der Waals surface area contributed by atoms with Gasteiger partial charge in [-0.15, -0.1) is 0 Å². The largest absolute Gasteiger partial charge is 0.376 e. The van der Waals surface area contributed by atoms with Gasteiger partial charge in [-0.05, 0) is 30.0 Å². The van der Waals surface area contributed by atoms with E-state index in [2.05, 4.69) is 23.5 Å². The van der Waals surface area contributed by atoms with Crippen LogP contribution in [0.1, 0.15) is 43.0 Å². The highest BCUT2D eigenvalue weighted by molar-refractivity contribution is 5.81. The molecule has 34 heavy (non-hydrogen) atoms. The van der Waals surface area contributed by atoms with Crippen LogP contribution in [0, 0.1) is 5.92 Å². The Morgan fingerprint density at radius 3 is 2.00 bits per heavy atom. The van der Waals surface area contributed by atoms with Crippen LogP contribution in [0.15, 0.2) is 103 Å². The summed E-state index contributed by atoms with van der Waals surface area (Å²) in [7, 11) is 0. The summed E-state index contributed by atoms with van der Waals surface area (Å²) in [6, 6.07) is 29.9. The third kappa shape index (κ3) is 8.62. The molecule has 0 aliphatic heterocycles. The Labute approximate surface area is 203 Å². The summed E-state index contributed by atoms with van der Waals surface area (Å²) in [5.41, 5.74) is 3.27. The highest BCUT2D eigenvalue weighted by Gasteiger charge is 2.26. The molecule has 0 unspecified atom stereocenters. The topological polar surface area (TPSA) is 47.6 Å². The van der Waals surface area contributed by atoms with Crippen LogP contribution in [0.5, 0.6) is 0 Å². The summed E-state index contributed by atoms with van der Waals surface area (Å²) in [6.45, 7) is 5.63. The Hall–Kier alpha value is -3.21. The van der Waals surface area contributed by atoms with Gasteiger partial charge in [0.15, 0.2) is 0 Å². The molecule has 1 N–H and O–H groups in total. The summed E-state index contributed by atoms with van der Waals surface area (Å²) < 4.78 is 11.9. The molecule has 3 rings (SSSR count). The number of carbonyl (C=O) groups excluding carboxylic acids is 1. The van der Waals surface area contributed by atoms with Gasteiger partial charge in [0.1, 0.15) is 6.10 Å². The highest BCUT2D eigenvalue weighted by Crippen LogP contribution is 2.17. The molecule has 0 saturated heterocycles. The first-order valence-electron chi connectivity index (χ1n) is 11.9. The summed E-state index contributed by atoms with van der Waals surface area (Å²) in [4.78, 5) is 13.2. The zero-order valence-electron chi connectivity index (χ0n) is 20.1. The van der Waals surface area contributed by atoms with Crippen LogP contribution in [0.4, 0.5) is 0 Å². The monoisotopic (exact) mass is 457 g/mol. The SMILES string of the molecule is C[C@H](/C=C/CCOCc1ccccc1)[C@H](OCc1ccccc1)C(=O)N[C@H](C)c1ccccc1. The van der Waals surface area contributed by atoms with Crippen LogP contribution in [-0.2, 0) is 27.5 Å². The lowest BCUT2D eigenvalue weighted by Gasteiger charge is -2.24. The van der Waals surface area contributed by atoms with E-state index in [1.54, 1.807) is 0 Å². The van der Waals surface area contributed by atoms with E-state index >= 15 is 0 Å². The van der Waals surface area contributed by atoms with Crippen molar-refractivity contribution in [1.82, 2.24) is 5.32 Å². The van der Waals surface area contributed by atoms with Crippen LogP contribution < -0.4 is 5.32 Å². The van der Waals surface area contributed by atoms with Crippen molar-refractivity contribution in [2.45, 2.75) is 45.6 Å². The molecule has 0 aliphatic carbocycles. The molecule has 4 nitrogen and oxygen atoms in total. The molecular formula is C30H35NO3. The number of hydrogen-bond acceptors (Lipinski definition) is 3. The van der Waals surface area contributed by atoms with E-state index in [1.165, 1.54) is 5.56 Å². The van der Waals surface area contributed by atoms with Gasteiger partial charge in [0.2, 0.25) is 5.91 Å². The van der Waals surface area contributed by atoms with Crippen LogP contribution in [0.3, 0.4) is 0 Å². The normalized spacial score (nSPS) is 13.9. The van der Waals surface area contributed by atoms with Crippen molar-refractivity contribution in [3.05, 3.63) is 120 Å². The Bertz CT molecular complexity index is 989. The zero-order chi connectivity index (χ0) is 24.0. The molecule has 178 valence electrons. The fourth-order valence-electron chi connectivity index (χ4n) is 3.67. The first-order chi connectivity index (χ1) is 16.6. The molecule has 3 aromatic rings. The average molecular weight is 458 g/mol. The molecule has 0 fully saturated rings. The molecule has 0 radical (unpaired) electrons. The van der Waals surface area contributed by atoms with Crippen LogP contribution in [-0.4, -0.2) is 18.6 Å². The molecule has 0 aromatic heterocycles. The highest BCUT2D eigenvalue weighted by atomic mass is 16.5. The van der Waals surface area contributed by atoms with Crippen molar-refractivity contribution in [3.63, 3.8) is 0 Å². The van der Waals surface area contributed by atoms with E-state index in [-0.39, 0.29) is 17.9 Å². The lowest BCUT2D eigenvalue weighted by atomic mass is 10.0. The van der Waals surface area contributed by atoms with E-state index in [1.807, 2.05) is 98.8 Å². The van der Waals surface area contributed by atoms with Crippen molar-refractivity contribution in [3.8, 4) is 0 Å². The van der Waals surface area contributed by atoms with Gasteiger partial charge in [0.25, 0.3) is 0 Å². The van der Waals surface area contributed by atoms with Gasteiger partial charge in [-0.1, -0.05) is 110 Å². The summed E-state index contributed by atoms with van der Waals surface area (Å²) >= 11 is 0. The van der Waals surface area contributed by atoms with Crippen molar-refractivity contribution in [2.75, 3.05) is 6.61 Å². The van der Waals surface area contributed by atoms with Crippen LogP contribution in [0.25, 0.3) is 0 Å². The number of ether oxygens (including phenoxy) is 2. The van der Waals surface area contributed by atoms with Crippen molar-refractivity contribution < 1.29 is 14.3 Å². The molecule has 1 amide bonds. The number of carbonyl (C=O) groups is 1. The molecule has 4 heteroatoms. The van der Waals surface area contributed by atoms with E-state index in [4.69, 9.17) is 9.47 Å². The Kier molecular flexibility index (Phi) is 10.6. The van der Waals surface area contributed by atoms with Gasteiger partial charge in [0.05, 0.1) is 25.9 Å². The number of nitrogens with one attached hydrogen (secondary N) is 1. The lowest BCUT2D eigenvalue weighted by molar-refractivity contribution is -0.136. The first kappa shape index (κ1) is 25.4. The van der Waals surface area contributed by atoms with Crippen LogP contribution in [0.2, 0.25) is 0 Å². The Morgan fingerprint density at radius 2 is 1.38 bits per heavy atom. The van der Waals surface area contributed by atoms with E-state index in [9.17, 15) is 4.79 Å². The number of amides is 1. The second-order valence-electron chi connectivity index (χ2n) is 8.47. The lowest BCUT2D eigenvalue weighted by Crippen LogP contribution is -2.41. The number of benzene rings is 3. The van der Waals surface area contributed by atoms with Crippen molar-refractivity contribution in [1.29, 1.82) is 0 Å². The van der Waals surface area contributed by atoms with Crippen molar-refractivity contribution in [2.24, 2.45) is 5.92 Å². The van der Waals surface area contributed by atoms with E-state index in [0.717, 1.165) is 17.5 Å². The van der Waals surface area contributed by atoms with Gasteiger partial charge < -0.3 is 14.8 Å². The predicted octanol–water partition coefficient (Wildman–Crippen LogP) is 6.25. The standard InChI is InChI=1S/C30H35NO3/c1-24(14-12-13-21-33-22-26-15-6-3-7-16-26)29(34-23-27-17-8-4-9-18-27)30(32)31-25(2)28-19-10-5-11-20-28/h3-12,14-20,24-25,29H,13,21-23H2,1-2H3,(H,31,32)/b14-12+/t24-,25-,29+/m1/s1.